The molecule has 1 amide bonds. The van der Waals surface area contributed by atoms with Crippen molar-refractivity contribution >= 4 is 22.8 Å². The number of carbonyl (C=O) groups excluding carboxylic acids is 2. The smallest absolute Gasteiger partial charge is 0.343 e. The van der Waals surface area contributed by atoms with E-state index in [0.717, 1.165) is 22.1 Å². The Kier molecular flexibility index (Phi) is 5.24. The van der Waals surface area contributed by atoms with E-state index in [1.165, 1.54) is 0 Å². The van der Waals surface area contributed by atoms with Crippen LogP contribution in [0.2, 0.25) is 0 Å². The molecule has 7 rings (SSSR count). The molecule has 0 radical (unpaired) electrons. The second-order valence-corrected chi connectivity index (χ2v) is 9.87. The molecule has 3 aromatic heterocycles. The maximum absolute atomic E-state index is 13.7. The van der Waals surface area contributed by atoms with Gasteiger partial charge in [-0.25, -0.2) is 9.78 Å². The molecule has 4 N–H and O–H groups in total. The zero-order valence-corrected chi connectivity index (χ0v) is 21.4. The highest BCUT2D eigenvalue weighted by atomic mass is 16.7. The number of nitrogens with one attached hydrogen (secondary N) is 1. The highest BCUT2D eigenvalue weighted by Gasteiger charge is 2.45. The lowest BCUT2D eigenvalue weighted by Gasteiger charge is -2.31. The number of rotatable bonds is 5. The zero-order valence-electron chi connectivity index (χ0n) is 21.4. The summed E-state index contributed by atoms with van der Waals surface area (Å²) >= 11 is 0. The molecule has 3 aliphatic rings. The average Bonchev–Trinajstić information content (AvgIpc) is 3.70. The molecule has 0 fully saturated rings. The first-order chi connectivity index (χ1) is 19.3. The van der Waals surface area contributed by atoms with Gasteiger partial charge in [0.05, 0.1) is 41.8 Å². The number of aliphatic hydroxyl groups is 1. The molecular weight excluding hydrogens is 520 g/mol. The van der Waals surface area contributed by atoms with Crippen molar-refractivity contribution in [3.8, 4) is 34.0 Å². The van der Waals surface area contributed by atoms with Gasteiger partial charge in [-0.3, -0.25) is 14.3 Å². The number of carbonyl (C=O) groups is 2. The monoisotopic (exact) mass is 544 g/mol. The second kappa shape index (κ2) is 8.63. The van der Waals surface area contributed by atoms with Gasteiger partial charge >= 0.3 is 5.97 Å². The van der Waals surface area contributed by atoms with Crippen LogP contribution in [0, 0.1) is 0 Å². The van der Waals surface area contributed by atoms with Crippen LogP contribution in [-0.2, 0) is 39.7 Å². The van der Waals surface area contributed by atoms with Gasteiger partial charge in [0.25, 0.3) is 5.56 Å². The normalized spacial score (nSPS) is 18.3. The maximum atomic E-state index is 13.7. The largest absolute Gasteiger partial charge is 0.458 e. The molecule has 0 aliphatic carbocycles. The van der Waals surface area contributed by atoms with E-state index in [9.17, 15) is 19.5 Å². The number of nitrogens with zero attached hydrogens (tertiary/aromatic N) is 4. The first kappa shape index (κ1) is 24.3. The molecule has 3 aliphatic heterocycles. The van der Waals surface area contributed by atoms with Gasteiger partial charge in [0.15, 0.2) is 17.1 Å². The number of amides is 1. The van der Waals surface area contributed by atoms with Crippen molar-refractivity contribution in [2.24, 2.45) is 5.73 Å². The average molecular weight is 545 g/mol. The van der Waals surface area contributed by atoms with E-state index < -0.39 is 11.6 Å². The van der Waals surface area contributed by atoms with Crippen LogP contribution < -0.4 is 26.1 Å². The molecular formula is C27H24N6O7. The van der Waals surface area contributed by atoms with Crippen LogP contribution in [0.3, 0.4) is 0 Å². The van der Waals surface area contributed by atoms with Gasteiger partial charge in [-0.15, -0.1) is 0 Å². The van der Waals surface area contributed by atoms with Crippen molar-refractivity contribution in [2.75, 3.05) is 13.3 Å². The Hall–Kier alpha value is -4.75. The molecule has 13 nitrogen and oxygen atoms in total. The van der Waals surface area contributed by atoms with Crippen LogP contribution in [0.4, 0.5) is 0 Å². The lowest BCUT2D eigenvalue weighted by molar-refractivity contribution is -0.172. The fraction of sp³-hybridized carbons (Fsp3) is 0.296. The van der Waals surface area contributed by atoms with Gasteiger partial charge in [-0.05, 0) is 18.6 Å². The molecule has 0 bridgehead atoms. The summed E-state index contributed by atoms with van der Waals surface area (Å²) in [4.78, 5) is 42.8. The summed E-state index contributed by atoms with van der Waals surface area (Å²) in [6, 6.07) is 5.31. The van der Waals surface area contributed by atoms with Crippen molar-refractivity contribution in [3.63, 3.8) is 0 Å². The molecule has 6 heterocycles. The third-order valence-electron chi connectivity index (χ3n) is 7.73. The van der Waals surface area contributed by atoms with Gasteiger partial charge in [0.2, 0.25) is 12.7 Å². The van der Waals surface area contributed by atoms with Gasteiger partial charge in [-0.1, -0.05) is 6.92 Å². The number of hydrogen-bond donors (Lipinski definition) is 3. The summed E-state index contributed by atoms with van der Waals surface area (Å²) < 4.78 is 19.6. The SMILES string of the molecule is CC[C@@]1(O)C(=O)OCc2c1cc1n(c2=O)Cc2c-1nc1cc3c(cc1c2-c1cnn(CNC(=O)CN)c1)OCO3. The fourth-order valence-corrected chi connectivity index (χ4v) is 5.62. The molecule has 0 unspecified atom stereocenters. The van der Waals surface area contributed by atoms with E-state index in [2.05, 4.69) is 10.4 Å². The summed E-state index contributed by atoms with van der Waals surface area (Å²) in [6.45, 7) is 1.74. The number of ether oxygens (including phenoxy) is 3. The van der Waals surface area contributed by atoms with E-state index in [1.807, 2.05) is 6.07 Å². The number of cyclic esters (lactones) is 1. The van der Waals surface area contributed by atoms with Gasteiger partial charge < -0.3 is 34.9 Å². The molecule has 1 atom stereocenters. The van der Waals surface area contributed by atoms with Crippen LogP contribution >= 0.6 is 0 Å². The van der Waals surface area contributed by atoms with Crippen molar-refractivity contribution < 1.29 is 28.9 Å². The Labute approximate surface area is 226 Å². The predicted octanol–water partition coefficient (Wildman–Crippen LogP) is 0.704. The lowest BCUT2D eigenvalue weighted by atomic mass is 9.86. The molecule has 1 aromatic carbocycles. The summed E-state index contributed by atoms with van der Waals surface area (Å²) in [5, 5.41) is 19.1. The van der Waals surface area contributed by atoms with Crippen molar-refractivity contribution in [2.45, 2.75) is 38.8 Å². The molecule has 40 heavy (non-hydrogen) atoms. The Morgan fingerprint density at radius 3 is 2.75 bits per heavy atom. The topological polar surface area (TPSA) is 173 Å². The van der Waals surface area contributed by atoms with Crippen molar-refractivity contribution in [3.05, 3.63) is 57.6 Å². The fourth-order valence-electron chi connectivity index (χ4n) is 5.62. The maximum Gasteiger partial charge on any atom is 0.343 e. The number of fused-ring (bicyclic) bond motifs is 6. The summed E-state index contributed by atoms with van der Waals surface area (Å²) in [5.74, 6) is 0.0346. The quantitative estimate of drug-likeness (QED) is 0.267. The van der Waals surface area contributed by atoms with Crippen LogP contribution in [0.15, 0.2) is 35.4 Å². The Bertz CT molecular complexity index is 1830. The molecule has 0 saturated heterocycles. The summed E-state index contributed by atoms with van der Waals surface area (Å²) in [6.07, 6.45) is 3.51. The van der Waals surface area contributed by atoms with Crippen LogP contribution in [0.5, 0.6) is 11.5 Å². The molecule has 13 heteroatoms. The number of pyridine rings is 2. The molecule has 0 spiro atoms. The van der Waals surface area contributed by atoms with Crippen molar-refractivity contribution in [1.82, 2.24) is 24.6 Å². The zero-order chi connectivity index (χ0) is 27.8. The number of benzene rings is 1. The van der Waals surface area contributed by atoms with E-state index in [1.54, 1.807) is 40.7 Å². The lowest BCUT2D eigenvalue weighted by Crippen LogP contribution is -2.44. The molecule has 4 aromatic rings. The Balaban J connectivity index is 1.45. The highest BCUT2D eigenvalue weighted by Crippen LogP contribution is 2.46. The van der Waals surface area contributed by atoms with Gasteiger partial charge in [0.1, 0.15) is 13.3 Å². The minimum Gasteiger partial charge on any atom is -0.458 e. The summed E-state index contributed by atoms with van der Waals surface area (Å²) in [7, 11) is 0. The van der Waals surface area contributed by atoms with Crippen LogP contribution in [-0.4, -0.2) is 49.7 Å². The number of esters is 1. The van der Waals surface area contributed by atoms with Crippen LogP contribution in [0.25, 0.3) is 33.4 Å². The van der Waals surface area contributed by atoms with Crippen LogP contribution in [0.1, 0.15) is 30.0 Å². The number of nitrogens with two attached hydrogens (primary N) is 1. The van der Waals surface area contributed by atoms with Gasteiger partial charge in [-0.2, -0.15) is 5.10 Å². The molecule has 204 valence electrons. The minimum absolute atomic E-state index is 0.0499. The van der Waals surface area contributed by atoms with E-state index >= 15 is 0 Å². The Morgan fingerprint density at radius 2 is 1.98 bits per heavy atom. The highest BCUT2D eigenvalue weighted by molar-refractivity contribution is 6.01. The standard InChI is InChI=1S/C27H24N6O7/c1-2-27(37)17-4-19-24-15(9-33(19)25(35)16(17)10-38-26(27)36)23(13-7-30-32(8-13)11-29-22(34)6-28)14-3-20-21(40-12-39-20)5-18(14)31-24/h3-5,7-8,37H,2,6,9-12,28H2,1H3,(H,29,34)/t27-/m0/s1. The third-order valence-corrected chi connectivity index (χ3v) is 7.73. The first-order valence-electron chi connectivity index (χ1n) is 12.8. The summed E-state index contributed by atoms with van der Waals surface area (Å²) in [5.41, 5.74) is 7.53. The number of aromatic nitrogens is 4. The Morgan fingerprint density at radius 1 is 1.18 bits per heavy atom. The third kappa shape index (κ3) is 3.37. The van der Waals surface area contributed by atoms with Crippen molar-refractivity contribution in [1.29, 1.82) is 0 Å². The van der Waals surface area contributed by atoms with E-state index in [4.69, 9.17) is 24.9 Å². The van der Waals surface area contributed by atoms with Gasteiger partial charge in [0, 0.05) is 39.9 Å². The van der Waals surface area contributed by atoms with E-state index in [-0.39, 0.29) is 62.2 Å². The minimum atomic E-state index is -1.92. The molecule has 0 saturated carbocycles. The number of hydrogen-bond acceptors (Lipinski definition) is 10. The first-order valence-corrected chi connectivity index (χ1v) is 12.8. The predicted molar refractivity (Wildman–Crippen MR) is 139 cm³/mol. The second-order valence-electron chi connectivity index (χ2n) is 9.87. The van der Waals surface area contributed by atoms with E-state index in [0.29, 0.717) is 28.4 Å².